The molecule has 0 aliphatic rings. The van der Waals surface area contributed by atoms with Crippen LogP contribution in [0.3, 0.4) is 0 Å². The van der Waals surface area contributed by atoms with E-state index in [2.05, 4.69) is 10.3 Å². The SMILES string of the molecule is COCC(C)Nc1nccn1-c1cc(Cl)cc(Cl)c1. The van der Waals surface area contributed by atoms with Crippen LogP contribution in [0, 0.1) is 0 Å². The van der Waals surface area contributed by atoms with Gasteiger partial charge in [-0.2, -0.15) is 0 Å². The van der Waals surface area contributed by atoms with Gasteiger partial charge in [-0.1, -0.05) is 23.2 Å². The average molecular weight is 300 g/mol. The van der Waals surface area contributed by atoms with Crippen LogP contribution in [0.4, 0.5) is 5.95 Å². The van der Waals surface area contributed by atoms with E-state index in [1.54, 1.807) is 19.4 Å². The van der Waals surface area contributed by atoms with Crippen LogP contribution in [0.2, 0.25) is 10.0 Å². The summed E-state index contributed by atoms with van der Waals surface area (Å²) in [4.78, 5) is 4.28. The number of anilines is 1. The van der Waals surface area contributed by atoms with Crippen LogP contribution < -0.4 is 5.32 Å². The maximum Gasteiger partial charge on any atom is 0.207 e. The minimum atomic E-state index is 0.154. The fourth-order valence-electron chi connectivity index (χ4n) is 1.81. The van der Waals surface area contributed by atoms with E-state index < -0.39 is 0 Å². The summed E-state index contributed by atoms with van der Waals surface area (Å²) in [6, 6.07) is 5.52. The molecule has 1 unspecified atom stereocenters. The molecule has 2 aromatic rings. The van der Waals surface area contributed by atoms with Gasteiger partial charge >= 0.3 is 0 Å². The summed E-state index contributed by atoms with van der Waals surface area (Å²) in [5.74, 6) is 0.725. The Morgan fingerprint density at radius 3 is 2.63 bits per heavy atom. The Hall–Kier alpha value is -1.23. The maximum atomic E-state index is 6.02. The van der Waals surface area contributed by atoms with Gasteiger partial charge in [0.15, 0.2) is 0 Å². The smallest absolute Gasteiger partial charge is 0.207 e. The molecule has 0 bridgehead atoms. The third kappa shape index (κ3) is 3.62. The fourth-order valence-corrected chi connectivity index (χ4v) is 2.32. The normalized spacial score (nSPS) is 12.4. The highest BCUT2D eigenvalue weighted by molar-refractivity contribution is 6.34. The van der Waals surface area contributed by atoms with E-state index in [1.165, 1.54) is 0 Å². The van der Waals surface area contributed by atoms with Gasteiger partial charge in [-0.3, -0.25) is 4.57 Å². The number of imidazole rings is 1. The first kappa shape index (κ1) is 14.2. The van der Waals surface area contributed by atoms with Crippen molar-refractivity contribution in [3.63, 3.8) is 0 Å². The Bertz CT molecular complexity index is 536. The second-order valence-corrected chi connectivity index (χ2v) is 5.12. The zero-order valence-electron chi connectivity index (χ0n) is 10.7. The molecule has 0 fully saturated rings. The number of halogens is 2. The number of nitrogens with one attached hydrogen (secondary N) is 1. The lowest BCUT2D eigenvalue weighted by Crippen LogP contribution is -2.22. The summed E-state index contributed by atoms with van der Waals surface area (Å²) in [5.41, 5.74) is 0.863. The number of rotatable bonds is 5. The minimum absolute atomic E-state index is 0.154. The molecule has 4 nitrogen and oxygen atoms in total. The molecule has 0 spiro atoms. The summed E-state index contributed by atoms with van der Waals surface area (Å²) in [7, 11) is 1.67. The van der Waals surface area contributed by atoms with Crippen molar-refractivity contribution in [2.75, 3.05) is 19.0 Å². The first-order chi connectivity index (χ1) is 9.10. The van der Waals surface area contributed by atoms with Gasteiger partial charge in [-0.15, -0.1) is 0 Å². The molecule has 0 amide bonds. The number of benzene rings is 1. The number of hydrogen-bond acceptors (Lipinski definition) is 3. The quantitative estimate of drug-likeness (QED) is 0.916. The van der Waals surface area contributed by atoms with Crippen LogP contribution in [-0.2, 0) is 4.74 Å². The summed E-state index contributed by atoms with van der Waals surface area (Å²) in [6.45, 7) is 2.62. The van der Waals surface area contributed by atoms with Crippen LogP contribution in [-0.4, -0.2) is 29.3 Å². The van der Waals surface area contributed by atoms with E-state index >= 15 is 0 Å². The predicted molar refractivity (Wildman–Crippen MR) is 78.5 cm³/mol. The standard InChI is InChI=1S/C13H15Cl2N3O/c1-9(8-19-2)17-13-16-3-4-18(13)12-6-10(14)5-11(15)7-12/h3-7,9H,8H2,1-2H3,(H,16,17). The van der Waals surface area contributed by atoms with E-state index in [9.17, 15) is 0 Å². The first-order valence-corrected chi connectivity index (χ1v) is 6.61. The van der Waals surface area contributed by atoms with Crippen LogP contribution >= 0.6 is 23.2 Å². The maximum absolute atomic E-state index is 6.02. The summed E-state index contributed by atoms with van der Waals surface area (Å²) in [5, 5.41) is 4.45. The van der Waals surface area contributed by atoms with Gasteiger partial charge in [-0.05, 0) is 25.1 Å². The third-order valence-electron chi connectivity index (χ3n) is 2.56. The topological polar surface area (TPSA) is 39.1 Å². The monoisotopic (exact) mass is 299 g/mol. The second-order valence-electron chi connectivity index (χ2n) is 4.25. The Morgan fingerprint density at radius 1 is 1.32 bits per heavy atom. The van der Waals surface area contributed by atoms with Gasteiger partial charge in [0.25, 0.3) is 0 Å². The van der Waals surface area contributed by atoms with Gasteiger partial charge in [0.2, 0.25) is 5.95 Å². The molecular formula is C13H15Cl2N3O. The van der Waals surface area contributed by atoms with Gasteiger partial charge in [0, 0.05) is 35.6 Å². The lowest BCUT2D eigenvalue weighted by atomic mass is 10.3. The second kappa shape index (κ2) is 6.28. The molecule has 1 aromatic heterocycles. The van der Waals surface area contributed by atoms with Crippen molar-refractivity contribution in [1.29, 1.82) is 0 Å². The Kier molecular flexibility index (Phi) is 4.69. The molecule has 0 aliphatic carbocycles. The Labute approximate surface area is 122 Å². The number of methoxy groups -OCH3 is 1. The predicted octanol–water partition coefficient (Wildman–Crippen LogP) is 3.63. The van der Waals surface area contributed by atoms with Crippen molar-refractivity contribution in [1.82, 2.24) is 9.55 Å². The molecular weight excluding hydrogens is 285 g/mol. The zero-order valence-corrected chi connectivity index (χ0v) is 12.2. The lowest BCUT2D eigenvalue weighted by Gasteiger charge is -2.15. The number of aromatic nitrogens is 2. The van der Waals surface area contributed by atoms with Crippen molar-refractivity contribution in [2.45, 2.75) is 13.0 Å². The van der Waals surface area contributed by atoms with Crippen LogP contribution in [0.5, 0.6) is 0 Å². The van der Waals surface area contributed by atoms with Crippen molar-refractivity contribution >= 4 is 29.2 Å². The van der Waals surface area contributed by atoms with Gasteiger partial charge in [-0.25, -0.2) is 4.98 Å². The molecule has 1 heterocycles. The summed E-state index contributed by atoms with van der Waals surface area (Å²) >= 11 is 12.0. The largest absolute Gasteiger partial charge is 0.383 e. The highest BCUT2D eigenvalue weighted by atomic mass is 35.5. The zero-order chi connectivity index (χ0) is 13.8. The van der Waals surface area contributed by atoms with Gasteiger partial charge in [0.1, 0.15) is 0 Å². The van der Waals surface area contributed by atoms with Gasteiger partial charge in [0.05, 0.1) is 12.3 Å². The van der Waals surface area contributed by atoms with E-state index in [0.717, 1.165) is 11.6 Å². The van der Waals surface area contributed by atoms with Crippen LogP contribution in [0.15, 0.2) is 30.6 Å². The Balaban J connectivity index is 2.28. The molecule has 102 valence electrons. The van der Waals surface area contributed by atoms with Crippen LogP contribution in [0.1, 0.15) is 6.92 Å². The van der Waals surface area contributed by atoms with Crippen molar-refractivity contribution < 1.29 is 4.74 Å². The van der Waals surface area contributed by atoms with E-state index in [4.69, 9.17) is 27.9 Å². The highest BCUT2D eigenvalue weighted by Crippen LogP contribution is 2.24. The van der Waals surface area contributed by atoms with E-state index in [-0.39, 0.29) is 6.04 Å². The molecule has 1 atom stereocenters. The number of nitrogens with zero attached hydrogens (tertiary/aromatic N) is 2. The van der Waals surface area contributed by atoms with Crippen LogP contribution in [0.25, 0.3) is 5.69 Å². The highest BCUT2D eigenvalue weighted by Gasteiger charge is 2.09. The minimum Gasteiger partial charge on any atom is -0.383 e. The molecule has 1 N–H and O–H groups in total. The van der Waals surface area contributed by atoms with Crippen molar-refractivity contribution in [2.24, 2.45) is 0 Å². The molecule has 6 heteroatoms. The molecule has 19 heavy (non-hydrogen) atoms. The van der Waals surface area contributed by atoms with Gasteiger partial charge < -0.3 is 10.1 Å². The third-order valence-corrected chi connectivity index (χ3v) is 2.99. The molecule has 0 saturated carbocycles. The fraction of sp³-hybridized carbons (Fsp3) is 0.308. The van der Waals surface area contributed by atoms with E-state index in [0.29, 0.717) is 16.7 Å². The number of hydrogen-bond donors (Lipinski definition) is 1. The van der Waals surface area contributed by atoms with Crippen molar-refractivity contribution in [3.05, 3.63) is 40.6 Å². The van der Waals surface area contributed by atoms with E-state index in [1.807, 2.05) is 29.8 Å². The summed E-state index contributed by atoms with van der Waals surface area (Å²) in [6.07, 6.45) is 3.57. The summed E-state index contributed by atoms with van der Waals surface area (Å²) < 4.78 is 6.99. The molecule has 1 aromatic carbocycles. The molecule has 2 rings (SSSR count). The molecule has 0 radical (unpaired) electrons. The average Bonchev–Trinajstić information content (AvgIpc) is 2.76. The van der Waals surface area contributed by atoms with Crippen molar-refractivity contribution in [3.8, 4) is 5.69 Å². The Morgan fingerprint density at radius 2 is 2.00 bits per heavy atom. The lowest BCUT2D eigenvalue weighted by molar-refractivity contribution is 0.190. The molecule has 0 aliphatic heterocycles. The number of ether oxygens (including phenoxy) is 1. The first-order valence-electron chi connectivity index (χ1n) is 5.85. The molecule has 0 saturated heterocycles.